The molecule has 50 heavy (non-hydrogen) atoms. The molecule has 3 aliphatic rings. The number of hydrogen-bond acceptors (Lipinski definition) is 4. The highest BCUT2D eigenvalue weighted by Crippen LogP contribution is 2.44. The van der Waals surface area contributed by atoms with Gasteiger partial charge in [-0.3, -0.25) is 0 Å². The molecular formula is C46H72O4. The number of hydrogen-bond donors (Lipinski definition) is 0. The van der Waals surface area contributed by atoms with E-state index in [-0.39, 0.29) is 18.2 Å². The van der Waals surface area contributed by atoms with Gasteiger partial charge >= 0.3 is 0 Å². The minimum atomic E-state index is -0.297. The van der Waals surface area contributed by atoms with Gasteiger partial charge in [-0.1, -0.05) is 145 Å². The summed E-state index contributed by atoms with van der Waals surface area (Å²) >= 11 is 0. The molecule has 2 aromatic rings. The van der Waals surface area contributed by atoms with Crippen LogP contribution in [0, 0.1) is 23.7 Å². The normalized spacial score (nSPS) is 30.4. The average molecular weight is 689 g/mol. The van der Waals surface area contributed by atoms with Gasteiger partial charge in [-0.05, 0) is 82.3 Å². The van der Waals surface area contributed by atoms with Crippen molar-refractivity contribution < 1.29 is 18.9 Å². The van der Waals surface area contributed by atoms with Crippen LogP contribution in [0.1, 0.15) is 168 Å². The van der Waals surface area contributed by atoms with Gasteiger partial charge in [0.2, 0.25) is 0 Å². The van der Waals surface area contributed by atoms with E-state index < -0.39 is 0 Å². The molecule has 0 radical (unpaired) electrons. The number of rotatable bonds is 20. The minimum absolute atomic E-state index is 0.00107. The Morgan fingerprint density at radius 2 is 1.26 bits per heavy atom. The number of benzene rings is 2. The summed E-state index contributed by atoms with van der Waals surface area (Å²) in [5.41, 5.74) is 3.44. The maximum atomic E-state index is 7.03. The fraction of sp³-hybridized carbons (Fsp3) is 0.739. The largest absolute Gasteiger partial charge is 0.352 e. The van der Waals surface area contributed by atoms with Crippen molar-refractivity contribution in [2.24, 2.45) is 23.7 Å². The molecule has 1 aliphatic carbocycles. The predicted molar refractivity (Wildman–Crippen MR) is 208 cm³/mol. The summed E-state index contributed by atoms with van der Waals surface area (Å²) in [6.07, 6.45) is 25.9. The average Bonchev–Trinajstić information content (AvgIpc) is 3.15. The van der Waals surface area contributed by atoms with Crippen molar-refractivity contribution >= 4 is 0 Å². The lowest BCUT2D eigenvalue weighted by Crippen LogP contribution is -2.46. The highest BCUT2D eigenvalue weighted by molar-refractivity contribution is 5.63. The quantitative estimate of drug-likeness (QED) is 0.130. The summed E-state index contributed by atoms with van der Waals surface area (Å²) in [4.78, 5) is 0. The van der Waals surface area contributed by atoms with E-state index in [1.807, 2.05) is 0 Å². The molecule has 0 amide bonds. The van der Waals surface area contributed by atoms with E-state index in [1.54, 1.807) is 0 Å². The summed E-state index contributed by atoms with van der Waals surface area (Å²) in [5.74, 6) is 2.31. The zero-order chi connectivity index (χ0) is 35.0. The Kier molecular flexibility index (Phi) is 16.7. The van der Waals surface area contributed by atoms with Gasteiger partial charge < -0.3 is 18.9 Å². The van der Waals surface area contributed by atoms with Crippen LogP contribution < -0.4 is 0 Å². The fourth-order valence-electron chi connectivity index (χ4n) is 8.91. The molecule has 5 rings (SSSR count). The molecule has 0 N–H and O–H groups in total. The summed E-state index contributed by atoms with van der Waals surface area (Å²) in [5, 5.41) is 0. The molecule has 2 heterocycles. The van der Waals surface area contributed by atoms with E-state index in [4.69, 9.17) is 18.9 Å². The first kappa shape index (κ1) is 39.5. The van der Waals surface area contributed by atoms with E-state index in [1.165, 1.54) is 133 Å². The lowest BCUT2D eigenvalue weighted by molar-refractivity contribution is -0.286. The molecule has 2 aliphatic heterocycles. The topological polar surface area (TPSA) is 36.9 Å². The van der Waals surface area contributed by atoms with Crippen LogP contribution in [0.2, 0.25) is 0 Å². The van der Waals surface area contributed by atoms with Crippen molar-refractivity contribution in [2.45, 2.75) is 180 Å². The van der Waals surface area contributed by atoms with Crippen LogP contribution in [0.4, 0.5) is 0 Å². The molecule has 1 saturated carbocycles. The smallest absolute Gasteiger partial charge is 0.184 e. The molecule has 2 aromatic carbocycles. The maximum Gasteiger partial charge on any atom is 0.184 e. The lowest BCUT2D eigenvalue weighted by atomic mass is 9.75. The summed E-state index contributed by atoms with van der Waals surface area (Å²) in [7, 11) is 0. The molecule has 3 fully saturated rings. The van der Waals surface area contributed by atoms with Crippen molar-refractivity contribution in [2.75, 3.05) is 13.2 Å². The zero-order valence-corrected chi connectivity index (χ0v) is 32.4. The summed E-state index contributed by atoms with van der Waals surface area (Å²) in [6, 6.07) is 19.4. The van der Waals surface area contributed by atoms with E-state index in [0.717, 1.165) is 31.1 Å². The predicted octanol–water partition coefficient (Wildman–Crippen LogP) is 13.2. The first-order valence-electron chi connectivity index (χ1n) is 21.2. The molecule has 0 aromatic heterocycles. The van der Waals surface area contributed by atoms with Gasteiger partial charge in [0, 0.05) is 23.3 Å². The maximum absolute atomic E-state index is 7.03. The second-order valence-corrected chi connectivity index (χ2v) is 16.5. The summed E-state index contributed by atoms with van der Waals surface area (Å²) < 4.78 is 26.5. The first-order valence-corrected chi connectivity index (χ1v) is 21.2. The van der Waals surface area contributed by atoms with Gasteiger partial charge in [0.05, 0.1) is 24.9 Å². The third-order valence-electron chi connectivity index (χ3n) is 12.6. The molecule has 2 saturated heterocycles. The molecule has 6 atom stereocenters. The highest BCUT2D eigenvalue weighted by atomic mass is 16.7. The standard InChI is InChI=1S/C46H72O4/c1-5-7-9-11-13-16-22-42-34-47-44(49-36(42)3)40-26-24-37(25-27-40)32-33-46(4)43(23-19-14-12-10-8-6-2)35-48-45(50-46)41-30-28-39(29-31-41)38-20-17-15-18-21-38/h15,17-18,20-21,28-31,36-37,40,42-45H,5-14,16,19,22-27,32-35H2,1-4H3. The van der Waals surface area contributed by atoms with Crippen LogP contribution in [0.5, 0.6) is 0 Å². The molecule has 6 unspecified atom stereocenters. The van der Waals surface area contributed by atoms with Crippen LogP contribution in [-0.4, -0.2) is 31.2 Å². The molecular weight excluding hydrogens is 617 g/mol. The molecule has 0 spiro atoms. The fourth-order valence-corrected chi connectivity index (χ4v) is 8.91. The van der Waals surface area contributed by atoms with Crippen molar-refractivity contribution in [1.82, 2.24) is 0 Å². The third-order valence-corrected chi connectivity index (χ3v) is 12.6. The third kappa shape index (κ3) is 11.9. The first-order chi connectivity index (χ1) is 24.5. The monoisotopic (exact) mass is 689 g/mol. The van der Waals surface area contributed by atoms with Crippen LogP contribution in [0.15, 0.2) is 54.6 Å². The number of unbranched alkanes of at least 4 members (excludes halogenated alkanes) is 10. The second-order valence-electron chi connectivity index (χ2n) is 16.5. The lowest BCUT2D eigenvalue weighted by Gasteiger charge is -2.46. The van der Waals surface area contributed by atoms with Gasteiger partial charge in [-0.15, -0.1) is 0 Å². The molecule has 0 bridgehead atoms. The van der Waals surface area contributed by atoms with Crippen molar-refractivity contribution in [1.29, 1.82) is 0 Å². The second kappa shape index (κ2) is 21.1. The Bertz CT molecular complexity index is 1170. The van der Waals surface area contributed by atoms with Gasteiger partial charge in [0.1, 0.15) is 0 Å². The SMILES string of the molecule is CCCCCCCCC1COC(C2CCC(CCC3(C)OC(c4ccc(-c5ccccc5)cc4)OCC3CCCCCCCC)CC2)OC1C. The molecule has 280 valence electrons. The number of ether oxygens (including phenoxy) is 4. The van der Waals surface area contributed by atoms with Crippen molar-refractivity contribution in [3.05, 3.63) is 60.2 Å². The Labute approximate surface area is 306 Å². The van der Waals surface area contributed by atoms with Crippen molar-refractivity contribution in [3.63, 3.8) is 0 Å². The molecule has 4 nitrogen and oxygen atoms in total. The van der Waals surface area contributed by atoms with Crippen LogP contribution in [0.3, 0.4) is 0 Å². The van der Waals surface area contributed by atoms with Gasteiger partial charge in [-0.2, -0.15) is 0 Å². The Morgan fingerprint density at radius 3 is 1.92 bits per heavy atom. The van der Waals surface area contributed by atoms with Crippen molar-refractivity contribution in [3.8, 4) is 11.1 Å². The van der Waals surface area contributed by atoms with Crippen LogP contribution in [-0.2, 0) is 18.9 Å². The van der Waals surface area contributed by atoms with Gasteiger partial charge in [-0.25, -0.2) is 0 Å². The Hall–Kier alpha value is -1.72. The zero-order valence-electron chi connectivity index (χ0n) is 32.4. The highest BCUT2D eigenvalue weighted by Gasteiger charge is 2.43. The minimum Gasteiger partial charge on any atom is -0.352 e. The van der Waals surface area contributed by atoms with Gasteiger partial charge in [0.25, 0.3) is 0 Å². The molecule has 4 heteroatoms. The van der Waals surface area contributed by atoms with E-state index in [2.05, 4.69) is 82.3 Å². The Balaban J connectivity index is 1.10. The van der Waals surface area contributed by atoms with Crippen LogP contribution >= 0.6 is 0 Å². The van der Waals surface area contributed by atoms with E-state index in [9.17, 15) is 0 Å². The van der Waals surface area contributed by atoms with Gasteiger partial charge in [0.15, 0.2) is 12.6 Å². The van der Waals surface area contributed by atoms with E-state index >= 15 is 0 Å². The Morgan fingerprint density at radius 1 is 0.640 bits per heavy atom. The summed E-state index contributed by atoms with van der Waals surface area (Å²) in [6.45, 7) is 11.0. The van der Waals surface area contributed by atoms with Crippen LogP contribution in [0.25, 0.3) is 11.1 Å². The van der Waals surface area contributed by atoms with E-state index in [0.29, 0.717) is 23.9 Å².